The Morgan fingerprint density at radius 1 is 1.56 bits per heavy atom. The molecule has 1 aromatic heterocycles. The minimum absolute atomic E-state index is 0.0880. The van der Waals surface area contributed by atoms with Crippen LogP contribution in [-0.4, -0.2) is 25.8 Å². The zero-order valence-corrected chi connectivity index (χ0v) is 9.84. The highest BCUT2D eigenvalue weighted by Crippen LogP contribution is 2.17. The predicted octanol–water partition coefficient (Wildman–Crippen LogP) is 1.21. The summed E-state index contributed by atoms with van der Waals surface area (Å²) < 4.78 is 14.5. The fraction of sp³-hybridized carbons (Fsp3) is 0.100. The number of nitrogens with zero attached hydrogens (tertiary/aromatic N) is 4. The van der Waals surface area contributed by atoms with Crippen LogP contribution in [0.3, 0.4) is 0 Å². The first-order chi connectivity index (χ1) is 8.60. The summed E-state index contributed by atoms with van der Waals surface area (Å²) in [5, 5.41) is 15.6. The Bertz CT molecular complexity index is 598. The molecule has 2 aromatic rings. The molecule has 0 aliphatic carbocycles. The summed E-state index contributed by atoms with van der Waals surface area (Å²) in [7, 11) is 0. The number of halogens is 2. The summed E-state index contributed by atoms with van der Waals surface area (Å²) in [6.07, 6.45) is 1.38. The molecule has 0 bridgehead atoms. The van der Waals surface area contributed by atoms with Crippen LogP contribution in [0.5, 0.6) is 0 Å². The summed E-state index contributed by atoms with van der Waals surface area (Å²) in [6.45, 7) is 0.238. The Morgan fingerprint density at radius 3 is 3.06 bits per heavy atom. The fourth-order valence-electron chi connectivity index (χ4n) is 1.37. The second kappa shape index (κ2) is 5.01. The van der Waals surface area contributed by atoms with Gasteiger partial charge in [-0.25, -0.2) is 14.1 Å². The van der Waals surface area contributed by atoms with Gasteiger partial charge in [0.1, 0.15) is 12.1 Å². The van der Waals surface area contributed by atoms with Crippen LogP contribution in [0.1, 0.15) is 11.4 Å². The minimum Gasteiger partial charge on any atom is -0.409 e. The standard InChI is InChI=1S/C10H9ClFN5O/c11-8-2-1-7(12)3-6(8)4-17-5-14-10(15-17)9(13)16-18/h1-3,5,18H,4H2,(H2,13,16). The highest BCUT2D eigenvalue weighted by atomic mass is 35.5. The van der Waals surface area contributed by atoms with Gasteiger partial charge >= 0.3 is 0 Å². The number of benzene rings is 1. The van der Waals surface area contributed by atoms with Crippen molar-refractivity contribution in [1.82, 2.24) is 14.8 Å². The van der Waals surface area contributed by atoms with Crippen molar-refractivity contribution in [2.75, 3.05) is 0 Å². The summed E-state index contributed by atoms with van der Waals surface area (Å²) in [5.74, 6) is -0.490. The third kappa shape index (κ3) is 2.57. The molecule has 18 heavy (non-hydrogen) atoms. The zero-order valence-electron chi connectivity index (χ0n) is 9.09. The van der Waals surface area contributed by atoms with Crippen molar-refractivity contribution in [3.63, 3.8) is 0 Å². The molecule has 0 aliphatic rings. The third-order valence-electron chi connectivity index (χ3n) is 2.21. The fourth-order valence-corrected chi connectivity index (χ4v) is 1.55. The third-order valence-corrected chi connectivity index (χ3v) is 2.58. The van der Waals surface area contributed by atoms with Gasteiger partial charge in [0.2, 0.25) is 11.7 Å². The average Bonchev–Trinajstić information content (AvgIpc) is 2.81. The van der Waals surface area contributed by atoms with Gasteiger partial charge in [0.25, 0.3) is 0 Å². The quantitative estimate of drug-likeness (QED) is 0.379. The van der Waals surface area contributed by atoms with Gasteiger partial charge in [-0.3, -0.25) is 0 Å². The lowest BCUT2D eigenvalue weighted by Gasteiger charge is -2.03. The Kier molecular flexibility index (Phi) is 3.42. The van der Waals surface area contributed by atoms with E-state index in [1.807, 2.05) is 0 Å². The van der Waals surface area contributed by atoms with Crippen molar-refractivity contribution in [3.8, 4) is 0 Å². The number of hydrogen-bond acceptors (Lipinski definition) is 4. The largest absolute Gasteiger partial charge is 0.409 e. The molecular weight excluding hydrogens is 261 g/mol. The van der Waals surface area contributed by atoms with Gasteiger partial charge in [-0.15, -0.1) is 5.10 Å². The molecule has 8 heteroatoms. The highest BCUT2D eigenvalue weighted by molar-refractivity contribution is 6.31. The number of aromatic nitrogens is 3. The lowest BCUT2D eigenvalue weighted by atomic mass is 10.2. The van der Waals surface area contributed by atoms with Crippen LogP contribution >= 0.6 is 11.6 Å². The Hall–Kier alpha value is -2.15. The van der Waals surface area contributed by atoms with Gasteiger partial charge in [0.15, 0.2) is 0 Å². The summed E-state index contributed by atoms with van der Waals surface area (Å²) in [5.41, 5.74) is 5.89. The Morgan fingerprint density at radius 2 is 2.33 bits per heavy atom. The maximum Gasteiger partial charge on any atom is 0.219 e. The summed E-state index contributed by atoms with van der Waals surface area (Å²) >= 11 is 5.93. The second-order valence-corrected chi connectivity index (χ2v) is 3.89. The van der Waals surface area contributed by atoms with Crippen molar-refractivity contribution >= 4 is 17.4 Å². The van der Waals surface area contributed by atoms with Gasteiger partial charge in [-0.05, 0) is 23.8 Å². The van der Waals surface area contributed by atoms with Crippen molar-refractivity contribution in [1.29, 1.82) is 0 Å². The van der Waals surface area contributed by atoms with Gasteiger partial charge < -0.3 is 10.9 Å². The normalized spacial score (nSPS) is 11.8. The number of amidine groups is 1. The molecule has 0 fully saturated rings. The first-order valence-corrected chi connectivity index (χ1v) is 5.29. The smallest absolute Gasteiger partial charge is 0.219 e. The van der Waals surface area contributed by atoms with E-state index in [2.05, 4.69) is 15.2 Å². The van der Waals surface area contributed by atoms with Gasteiger partial charge in [-0.2, -0.15) is 0 Å². The number of rotatable bonds is 3. The van der Waals surface area contributed by atoms with E-state index in [0.29, 0.717) is 10.6 Å². The van der Waals surface area contributed by atoms with E-state index >= 15 is 0 Å². The molecule has 0 unspecified atom stereocenters. The van der Waals surface area contributed by atoms with E-state index in [1.165, 1.54) is 29.2 Å². The van der Waals surface area contributed by atoms with Crippen LogP contribution < -0.4 is 5.73 Å². The molecule has 6 nitrogen and oxygen atoms in total. The van der Waals surface area contributed by atoms with E-state index < -0.39 is 0 Å². The first kappa shape index (κ1) is 12.3. The Balaban J connectivity index is 2.24. The van der Waals surface area contributed by atoms with Gasteiger partial charge in [-0.1, -0.05) is 16.8 Å². The van der Waals surface area contributed by atoms with E-state index in [0.717, 1.165) is 0 Å². The maximum absolute atomic E-state index is 13.1. The summed E-state index contributed by atoms with van der Waals surface area (Å²) in [6, 6.07) is 4.05. The maximum atomic E-state index is 13.1. The molecule has 0 atom stereocenters. The van der Waals surface area contributed by atoms with Crippen molar-refractivity contribution in [3.05, 3.63) is 46.8 Å². The van der Waals surface area contributed by atoms with Crippen molar-refractivity contribution < 1.29 is 9.60 Å². The molecule has 0 radical (unpaired) electrons. The van der Waals surface area contributed by atoms with E-state index in [-0.39, 0.29) is 24.0 Å². The predicted molar refractivity (Wildman–Crippen MR) is 63.0 cm³/mol. The molecule has 1 aromatic carbocycles. The number of nitrogens with two attached hydrogens (primary N) is 1. The zero-order chi connectivity index (χ0) is 13.1. The molecule has 0 amide bonds. The van der Waals surface area contributed by atoms with Gasteiger partial charge in [0, 0.05) is 5.02 Å². The molecule has 0 saturated heterocycles. The SMILES string of the molecule is N/C(=N/O)c1ncn(Cc2cc(F)ccc2Cl)n1. The van der Waals surface area contributed by atoms with Crippen LogP contribution in [0.25, 0.3) is 0 Å². The molecule has 94 valence electrons. The van der Waals surface area contributed by atoms with Crippen LogP contribution in [-0.2, 0) is 6.54 Å². The lowest BCUT2D eigenvalue weighted by molar-refractivity contribution is 0.318. The van der Waals surface area contributed by atoms with Crippen LogP contribution in [0.4, 0.5) is 4.39 Å². The Labute approximate surface area is 106 Å². The molecule has 0 saturated carbocycles. The van der Waals surface area contributed by atoms with Crippen molar-refractivity contribution in [2.45, 2.75) is 6.54 Å². The molecule has 2 rings (SSSR count). The minimum atomic E-state index is -0.383. The number of oxime groups is 1. The highest BCUT2D eigenvalue weighted by Gasteiger charge is 2.08. The second-order valence-electron chi connectivity index (χ2n) is 3.49. The molecule has 1 heterocycles. The molecule has 0 aliphatic heterocycles. The van der Waals surface area contributed by atoms with Crippen LogP contribution in [0.2, 0.25) is 5.02 Å². The first-order valence-electron chi connectivity index (χ1n) is 4.91. The number of hydrogen-bond donors (Lipinski definition) is 2. The molecule has 0 spiro atoms. The van der Waals surface area contributed by atoms with Crippen molar-refractivity contribution in [2.24, 2.45) is 10.9 Å². The van der Waals surface area contributed by atoms with E-state index in [4.69, 9.17) is 22.5 Å². The van der Waals surface area contributed by atoms with Crippen LogP contribution in [0.15, 0.2) is 29.7 Å². The van der Waals surface area contributed by atoms with E-state index in [9.17, 15) is 4.39 Å². The van der Waals surface area contributed by atoms with E-state index in [1.54, 1.807) is 0 Å². The topological polar surface area (TPSA) is 89.3 Å². The summed E-state index contributed by atoms with van der Waals surface area (Å²) in [4.78, 5) is 3.83. The lowest BCUT2D eigenvalue weighted by Crippen LogP contribution is -2.15. The monoisotopic (exact) mass is 269 g/mol. The molecular formula is C10H9ClFN5O. The van der Waals surface area contributed by atoms with Crippen LogP contribution in [0, 0.1) is 5.82 Å². The molecule has 3 N–H and O–H groups in total. The average molecular weight is 270 g/mol. The van der Waals surface area contributed by atoms with Gasteiger partial charge in [0.05, 0.1) is 6.54 Å².